The number of ether oxygens (including phenoxy) is 1. The lowest BCUT2D eigenvalue weighted by Gasteiger charge is -2.74. The van der Waals surface area contributed by atoms with Gasteiger partial charge in [0.05, 0.1) is 11.0 Å². The van der Waals surface area contributed by atoms with Gasteiger partial charge in [0.2, 0.25) is 0 Å². The van der Waals surface area contributed by atoms with Crippen LogP contribution in [-0.4, -0.2) is 22.8 Å². The van der Waals surface area contributed by atoms with Gasteiger partial charge in [-0.25, -0.2) is 0 Å². The van der Waals surface area contributed by atoms with Gasteiger partial charge >= 0.3 is 0 Å². The van der Waals surface area contributed by atoms with Crippen molar-refractivity contribution in [2.45, 2.75) is 37.6 Å². The molecule has 2 aromatic rings. The maximum absolute atomic E-state index is 5.53. The Kier molecular flexibility index (Phi) is 2.47. The molecule has 0 aromatic carbocycles. The average molecular weight is 347 g/mol. The van der Waals surface area contributed by atoms with Crippen LogP contribution in [0.25, 0.3) is 11.0 Å². The Balaban J connectivity index is 1.44. The summed E-state index contributed by atoms with van der Waals surface area (Å²) in [6, 6.07) is 4.37. The van der Waals surface area contributed by atoms with Crippen LogP contribution in [-0.2, 0) is 10.3 Å². The van der Waals surface area contributed by atoms with E-state index in [1.54, 1.807) is 0 Å². The maximum Gasteiger partial charge on any atom is 0.0881 e. The van der Waals surface area contributed by atoms with Crippen molar-refractivity contribution in [2.75, 3.05) is 13.2 Å². The van der Waals surface area contributed by atoms with Crippen LogP contribution in [0.15, 0.2) is 29.0 Å². The fourth-order valence-corrected chi connectivity index (χ4v) is 5.53. The summed E-state index contributed by atoms with van der Waals surface area (Å²) < 4.78 is 9.10. The second kappa shape index (κ2) is 4.11. The number of rotatable bonds is 2. The van der Waals surface area contributed by atoms with Gasteiger partial charge < -0.3 is 9.30 Å². The molecular weight excluding hydrogens is 328 g/mol. The van der Waals surface area contributed by atoms with Gasteiger partial charge in [-0.2, -0.15) is 0 Å². The van der Waals surface area contributed by atoms with E-state index < -0.39 is 0 Å². The van der Waals surface area contributed by atoms with Crippen molar-refractivity contribution in [3.05, 3.63) is 29.0 Å². The number of hydrogen-bond acceptors (Lipinski definition) is 2. The monoisotopic (exact) mass is 346 g/mol. The number of pyridine rings is 1. The first kappa shape index (κ1) is 12.7. The first-order valence-electron chi connectivity index (χ1n) is 7.92. The van der Waals surface area contributed by atoms with Gasteiger partial charge in [0.1, 0.15) is 0 Å². The van der Waals surface area contributed by atoms with Gasteiger partial charge in [-0.3, -0.25) is 4.98 Å². The van der Waals surface area contributed by atoms with Crippen molar-refractivity contribution in [1.29, 1.82) is 0 Å². The Bertz CT molecular complexity index is 697. The summed E-state index contributed by atoms with van der Waals surface area (Å²) in [7, 11) is 0. The summed E-state index contributed by atoms with van der Waals surface area (Å²) in [6.45, 7) is 1.95. The average Bonchev–Trinajstić information content (AvgIpc) is 2.81. The lowest BCUT2D eigenvalue weighted by Crippen LogP contribution is -2.70. The summed E-state index contributed by atoms with van der Waals surface area (Å²) in [4.78, 5) is 4.51. The molecule has 1 aliphatic heterocycles. The Morgan fingerprint density at radius 2 is 2.00 bits per heavy atom. The third-order valence-corrected chi connectivity index (χ3v) is 6.58. The van der Waals surface area contributed by atoms with Gasteiger partial charge in [0.25, 0.3) is 0 Å². The fraction of sp³-hybridized carbons (Fsp3) is 0.588. The molecule has 3 nitrogen and oxygen atoms in total. The number of halogens is 1. The maximum atomic E-state index is 5.53. The standard InChI is InChI=1S/C17H19BrN2O/c18-13-7-15-14(19-8-13)1-4-20(15)17-9-16(10-17,11-17)12-2-5-21-6-3-12/h1,4,7-8,12H,2-3,5-6,9-11H2. The molecule has 0 atom stereocenters. The first-order valence-corrected chi connectivity index (χ1v) is 8.71. The second-order valence-electron chi connectivity index (χ2n) is 7.25. The molecule has 3 heterocycles. The van der Waals surface area contributed by atoms with Crippen LogP contribution < -0.4 is 0 Å². The van der Waals surface area contributed by atoms with E-state index in [2.05, 4.69) is 43.8 Å². The Morgan fingerprint density at radius 3 is 2.76 bits per heavy atom. The minimum atomic E-state index is 0.391. The van der Waals surface area contributed by atoms with E-state index in [-0.39, 0.29) is 0 Å². The zero-order valence-electron chi connectivity index (χ0n) is 12.0. The second-order valence-corrected chi connectivity index (χ2v) is 8.16. The summed E-state index contributed by atoms with van der Waals surface area (Å²) in [6.07, 6.45) is 10.8. The molecule has 0 amide bonds. The number of nitrogens with zero attached hydrogens (tertiary/aromatic N) is 2. The summed E-state index contributed by atoms with van der Waals surface area (Å²) in [5, 5.41) is 0. The number of hydrogen-bond donors (Lipinski definition) is 0. The summed E-state index contributed by atoms with van der Waals surface area (Å²) >= 11 is 3.55. The molecule has 4 heteroatoms. The number of aromatic nitrogens is 2. The predicted molar refractivity (Wildman–Crippen MR) is 85.2 cm³/mol. The highest BCUT2D eigenvalue weighted by molar-refractivity contribution is 9.10. The van der Waals surface area contributed by atoms with Crippen molar-refractivity contribution < 1.29 is 4.74 Å². The summed E-state index contributed by atoms with van der Waals surface area (Å²) in [5.74, 6) is 0.903. The van der Waals surface area contributed by atoms with Crippen molar-refractivity contribution >= 4 is 27.0 Å². The molecule has 3 saturated carbocycles. The molecule has 2 bridgehead atoms. The van der Waals surface area contributed by atoms with E-state index in [0.717, 1.165) is 29.1 Å². The molecule has 4 aliphatic rings. The highest BCUT2D eigenvalue weighted by Crippen LogP contribution is 2.75. The molecule has 4 fully saturated rings. The topological polar surface area (TPSA) is 27.1 Å². The fourth-order valence-electron chi connectivity index (χ4n) is 5.21. The van der Waals surface area contributed by atoms with Crippen LogP contribution >= 0.6 is 15.9 Å². The molecule has 2 aromatic heterocycles. The molecular formula is C17H19BrN2O. The van der Waals surface area contributed by atoms with Gasteiger partial charge in [0, 0.05) is 35.6 Å². The van der Waals surface area contributed by atoms with E-state index in [0.29, 0.717) is 11.0 Å². The zero-order chi connectivity index (χ0) is 14.1. The number of fused-ring (bicyclic) bond motifs is 1. The Hall–Kier alpha value is -0.870. The lowest BCUT2D eigenvalue weighted by atomic mass is 9.35. The normalized spacial score (nSPS) is 35.5. The van der Waals surface area contributed by atoms with Crippen LogP contribution in [0.4, 0.5) is 0 Å². The van der Waals surface area contributed by atoms with Crippen LogP contribution in [0, 0.1) is 11.3 Å². The quantitative estimate of drug-likeness (QED) is 0.818. The highest BCUT2D eigenvalue weighted by Gasteiger charge is 2.71. The summed E-state index contributed by atoms with van der Waals surface area (Å²) in [5.41, 5.74) is 3.43. The van der Waals surface area contributed by atoms with Gasteiger partial charge in [0.15, 0.2) is 0 Å². The predicted octanol–water partition coefficient (Wildman–Crippen LogP) is 4.10. The lowest BCUT2D eigenvalue weighted by molar-refractivity contribution is -0.230. The van der Waals surface area contributed by atoms with Gasteiger partial charge in [-0.15, -0.1) is 0 Å². The van der Waals surface area contributed by atoms with Crippen molar-refractivity contribution in [2.24, 2.45) is 11.3 Å². The molecule has 0 N–H and O–H groups in total. The minimum absolute atomic E-state index is 0.391. The van der Waals surface area contributed by atoms with Crippen LogP contribution in [0.5, 0.6) is 0 Å². The largest absolute Gasteiger partial charge is 0.381 e. The van der Waals surface area contributed by atoms with Crippen LogP contribution in [0.2, 0.25) is 0 Å². The van der Waals surface area contributed by atoms with Crippen LogP contribution in [0.1, 0.15) is 32.1 Å². The molecule has 110 valence electrons. The van der Waals surface area contributed by atoms with E-state index >= 15 is 0 Å². The molecule has 21 heavy (non-hydrogen) atoms. The Labute approximate surface area is 132 Å². The highest BCUT2D eigenvalue weighted by atomic mass is 79.9. The Morgan fingerprint density at radius 1 is 1.24 bits per heavy atom. The van der Waals surface area contributed by atoms with E-state index in [4.69, 9.17) is 4.74 Å². The molecule has 0 spiro atoms. The van der Waals surface area contributed by atoms with E-state index in [1.165, 1.54) is 37.6 Å². The third-order valence-electron chi connectivity index (χ3n) is 6.15. The van der Waals surface area contributed by atoms with E-state index in [9.17, 15) is 0 Å². The first-order chi connectivity index (χ1) is 10.2. The molecule has 0 radical (unpaired) electrons. The van der Waals surface area contributed by atoms with Gasteiger partial charge in [-0.1, -0.05) is 0 Å². The zero-order valence-corrected chi connectivity index (χ0v) is 13.6. The van der Waals surface area contributed by atoms with Crippen molar-refractivity contribution in [1.82, 2.24) is 9.55 Å². The smallest absolute Gasteiger partial charge is 0.0881 e. The van der Waals surface area contributed by atoms with E-state index in [1.807, 2.05) is 6.20 Å². The minimum Gasteiger partial charge on any atom is -0.381 e. The third kappa shape index (κ3) is 1.61. The van der Waals surface area contributed by atoms with Crippen molar-refractivity contribution in [3.8, 4) is 0 Å². The van der Waals surface area contributed by atoms with Gasteiger partial charge in [-0.05, 0) is 71.5 Å². The molecule has 3 aliphatic carbocycles. The van der Waals surface area contributed by atoms with Crippen molar-refractivity contribution in [3.63, 3.8) is 0 Å². The SMILES string of the molecule is Brc1cnc2ccn(C34CC(C5CCOCC5)(C3)C4)c2c1. The molecule has 1 saturated heterocycles. The molecule has 6 rings (SSSR count). The van der Waals surface area contributed by atoms with Crippen LogP contribution in [0.3, 0.4) is 0 Å². The molecule has 0 unspecified atom stereocenters.